The Hall–Kier alpha value is -2.89. The summed E-state index contributed by atoms with van der Waals surface area (Å²) in [6.45, 7) is 6.44. The third-order valence-electron chi connectivity index (χ3n) is 12.3. The molecule has 0 bridgehead atoms. The Bertz CT molecular complexity index is 1200. The van der Waals surface area contributed by atoms with Gasteiger partial charge in [-0.05, 0) is 64.2 Å². The predicted octanol–water partition coefficient (Wildman–Crippen LogP) is 18.8. The maximum Gasteiger partial charge on any atom is 0.306 e. The summed E-state index contributed by atoms with van der Waals surface area (Å²) in [6, 6.07) is 0. The molecule has 0 saturated heterocycles. The van der Waals surface area contributed by atoms with Crippen molar-refractivity contribution in [2.45, 2.75) is 290 Å². The molecule has 0 fully saturated rings. The molecule has 0 aromatic carbocycles. The van der Waals surface area contributed by atoms with Gasteiger partial charge in [0.2, 0.25) is 0 Å². The van der Waals surface area contributed by atoms with Crippen LogP contribution in [0.1, 0.15) is 284 Å². The van der Waals surface area contributed by atoms with Crippen molar-refractivity contribution >= 4 is 17.9 Å². The van der Waals surface area contributed by atoms with E-state index in [1.54, 1.807) is 0 Å². The van der Waals surface area contributed by atoms with Crippen LogP contribution in [0.5, 0.6) is 0 Å². The lowest BCUT2D eigenvalue weighted by molar-refractivity contribution is -0.166. The summed E-state index contributed by atoms with van der Waals surface area (Å²) >= 11 is 0. The molecule has 0 aliphatic heterocycles. The van der Waals surface area contributed by atoms with Gasteiger partial charge in [-0.1, -0.05) is 261 Å². The van der Waals surface area contributed by atoms with E-state index < -0.39 is 6.10 Å². The van der Waals surface area contributed by atoms with E-state index in [2.05, 4.69) is 69.4 Å². The normalized spacial score (nSPS) is 12.5. The molecule has 6 nitrogen and oxygen atoms in total. The average Bonchev–Trinajstić information content (AvgIpc) is 3.31. The number of carbonyl (C=O) groups is 3. The van der Waals surface area contributed by atoms with Crippen LogP contribution in [0.25, 0.3) is 0 Å². The second-order valence-corrected chi connectivity index (χ2v) is 18.8. The minimum Gasteiger partial charge on any atom is -0.462 e. The molecule has 0 aliphatic rings. The molecule has 66 heavy (non-hydrogen) atoms. The fourth-order valence-electron chi connectivity index (χ4n) is 8.03. The molecule has 0 radical (unpaired) electrons. The topological polar surface area (TPSA) is 78.9 Å². The Morgan fingerprint density at radius 3 is 1.03 bits per heavy atom. The molecule has 382 valence electrons. The zero-order valence-electron chi connectivity index (χ0n) is 43.7. The molecule has 0 aromatic rings. The zero-order chi connectivity index (χ0) is 47.9. The van der Waals surface area contributed by atoms with Crippen LogP contribution >= 0.6 is 0 Å². The van der Waals surface area contributed by atoms with Crippen molar-refractivity contribution in [3.05, 3.63) is 60.8 Å². The van der Waals surface area contributed by atoms with Crippen LogP contribution < -0.4 is 0 Å². The number of esters is 3. The number of rotatable bonds is 51. The van der Waals surface area contributed by atoms with Crippen molar-refractivity contribution < 1.29 is 28.6 Å². The van der Waals surface area contributed by atoms with Crippen molar-refractivity contribution in [1.29, 1.82) is 0 Å². The van der Waals surface area contributed by atoms with Crippen LogP contribution in [0, 0.1) is 0 Å². The molecular formula is C60H106O6. The van der Waals surface area contributed by atoms with Crippen molar-refractivity contribution in [2.75, 3.05) is 13.2 Å². The van der Waals surface area contributed by atoms with E-state index in [0.29, 0.717) is 19.3 Å². The van der Waals surface area contributed by atoms with Gasteiger partial charge in [0.1, 0.15) is 13.2 Å². The van der Waals surface area contributed by atoms with E-state index in [1.807, 2.05) is 12.2 Å². The number of hydrogen-bond acceptors (Lipinski definition) is 6. The van der Waals surface area contributed by atoms with Crippen LogP contribution in [0.3, 0.4) is 0 Å². The van der Waals surface area contributed by atoms with Gasteiger partial charge in [-0.15, -0.1) is 0 Å². The van der Waals surface area contributed by atoms with Gasteiger partial charge >= 0.3 is 17.9 Å². The Kier molecular flexibility index (Phi) is 52.3. The smallest absolute Gasteiger partial charge is 0.306 e. The summed E-state index contributed by atoms with van der Waals surface area (Å²) in [5.41, 5.74) is 0. The molecule has 0 aromatic heterocycles. The molecule has 0 N–H and O–H groups in total. The van der Waals surface area contributed by atoms with E-state index >= 15 is 0 Å². The Balaban J connectivity index is 4.25. The maximum atomic E-state index is 12.8. The van der Waals surface area contributed by atoms with Crippen molar-refractivity contribution in [2.24, 2.45) is 0 Å². The highest BCUT2D eigenvalue weighted by Gasteiger charge is 2.19. The minimum absolute atomic E-state index is 0.103. The van der Waals surface area contributed by atoms with E-state index in [0.717, 1.165) is 77.0 Å². The van der Waals surface area contributed by atoms with Crippen molar-refractivity contribution in [3.63, 3.8) is 0 Å². The van der Waals surface area contributed by atoms with Gasteiger partial charge in [-0.3, -0.25) is 14.4 Å². The molecule has 1 unspecified atom stereocenters. The fourth-order valence-corrected chi connectivity index (χ4v) is 8.03. The van der Waals surface area contributed by atoms with Gasteiger partial charge in [0, 0.05) is 19.3 Å². The summed E-state index contributed by atoms with van der Waals surface area (Å²) < 4.78 is 16.7. The largest absolute Gasteiger partial charge is 0.462 e. The summed E-state index contributed by atoms with van der Waals surface area (Å²) in [6.07, 6.45) is 68.2. The van der Waals surface area contributed by atoms with Gasteiger partial charge in [-0.25, -0.2) is 0 Å². The summed E-state index contributed by atoms with van der Waals surface area (Å²) in [5, 5.41) is 0. The van der Waals surface area contributed by atoms with E-state index in [-0.39, 0.29) is 37.5 Å². The number of allylic oxidation sites excluding steroid dienone is 10. The number of carbonyl (C=O) groups excluding carboxylic acids is 3. The molecule has 0 aliphatic carbocycles. The maximum absolute atomic E-state index is 12.8. The van der Waals surface area contributed by atoms with Gasteiger partial charge in [0.25, 0.3) is 0 Å². The molecule has 0 rings (SSSR count). The SMILES string of the molecule is CC/C=C\C/C=C\C/C=C\C/C=C\CCC(=O)OC(COC(=O)CCCCCCC/C=C\CCCC)COC(=O)CCCCCCCCCCCCCCCCCCCCCCCCCC. The highest BCUT2D eigenvalue weighted by atomic mass is 16.6. The molecule has 0 amide bonds. The Morgan fingerprint density at radius 2 is 0.636 bits per heavy atom. The van der Waals surface area contributed by atoms with Crippen LogP contribution in [0.4, 0.5) is 0 Å². The molecule has 0 saturated carbocycles. The lowest BCUT2D eigenvalue weighted by Crippen LogP contribution is -2.30. The van der Waals surface area contributed by atoms with Crippen LogP contribution in [-0.2, 0) is 28.6 Å². The summed E-state index contributed by atoms with van der Waals surface area (Å²) in [4.78, 5) is 38.0. The highest BCUT2D eigenvalue weighted by molar-refractivity contribution is 5.71. The fraction of sp³-hybridized carbons (Fsp3) is 0.783. The van der Waals surface area contributed by atoms with Crippen LogP contribution in [-0.4, -0.2) is 37.2 Å². The van der Waals surface area contributed by atoms with E-state index in [1.165, 1.54) is 161 Å². The first-order valence-corrected chi connectivity index (χ1v) is 28.3. The van der Waals surface area contributed by atoms with Crippen LogP contribution in [0.2, 0.25) is 0 Å². The Morgan fingerprint density at radius 1 is 0.318 bits per heavy atom. The van der Waals surface area contributed by atoms with Crippen LogP contribution in [0.15, 0.2) is 60.8 Å². The first kappa shape index (κ1) is 63.1. The highest BCUT2D eigenvalue weighted by Crippen LogP contribution is 2.17. The second kappa shape index (κ2) is 54.7. The molecule has 0 spiro atoms. The van der Waals surface area contributed by atoms with Gasteiger partial charge in [0.15, 0.2) is 6.10 Å². The lowest BCUT2D eigenvalue weighted by atomic mass is 10.0. The van der Waals surface area contributed by atoms with E-state index in [4.69, 9.17) is 14.2 Å². The van der Waals surface area contributed by atoms with E-state index in [9.17, 15) is 14.4 Å². The quantitative estimate of drug-likeness (QED) is 0.0262. The summed E-state index contributed by atoms with van der Waals surface area (Å²) in [5.74, 6) is -0.988. The predicted molar refractivity (Wildman–Crippen MR) is 284 cm³/mol. The standard InChI is InChI=1S/C60H106O6/c1-4-7-10-13-16-19-22-24-25-26-27-28-29-30-31-32-33-34-36-38-41-44-47-50-53-59(62)65-56-57(55-64-58(61)52-49-46-43-40-37-21-18-15-12-9-6-3)66-60(63)54-51-48-45-42-39-35-23-20-17-14-11-8-5-2/h8,11,15,17-18,20,35,39,45,48,57H,4-7,9-10,12-14,16,19,21-34,36-38,40-44,46-47,49-56H2,1-3H3/b11-8-,18-15-,20-17-,39-35-,48-45-. The molecule has 0 heterocycles. The average molecular weight is 924 g/mol. The van der Waals surface area contributed by atoms with Gasteiger partial charge in [-0.2, -0.15) is 0 Å². The first-order valence-electron chi connectivity index (χ1n) is 28.3. The third-order valence-corrected chi connectivity index (χ3v) is 12.3. The Labute approximate surface area is 409 Å². The lowest BCUT2D eigenvalue weighted by Gasteiger charge is -2.18. The minimum atomic E-state index is -0.813. The first-order chi connectivity index (χ1) is 32.5. The third kappa shape index (κ3) is 52.1. The number of unbranched alkanes of at least 4 members (excludes halogenated alkanes) is 30. The van der Waals surface area contributed by atoms with Gasteiger partial charge < -0.3 is 14.2 Å². The number of hydrogen-bond donors (Lipinski definition) is 0. The number of ether oxygens (including phenoxy) is 3. The second-order valence-electron chi connectivity index (χ2n) is 18.8. The summed E-state index contributed by atoms with van der Waals surface area (Å²) in [7, 11) is 0. The van der Waals surface area contributed by atoms with Crippen molar-refractivity contribution in [3.8, 4) is 0 Å². The van der Waals surface area contributed by atoms with Gasteiger partial charge in [0.05, 0.1) is 0 Å². The molecule has 6 heteroatoms. The molecular weight excluding hydrogens is 817 g/mol. The monoisotopic (exact) mass is 923 g/mol. The van der Waals surface area contributed by atoms with Crippen molar-refractivity contribution in [1.82, 2.24) is 0 Å². The zero-order valence-corrected chi connectivity index (χ0v) is 43.7. The molecule has 1 atom stereocenters.